The SMILES string of the molecule is CN1CC(N(C)C(C)(C)C)C1. The number of likely N-dealkylation sites (N-methyl/N-ethyl adjacent to an activating group) is 2. The van der Waals surface area contributed by atoms with Crippen molar-refractivity contribution in [1.82, 2.24) is 9.80 Å². The fraction of sp³-hybridized carbons (Fsp3) is 1.00. The Balaban J connectivity index is 2.38. The van der Waals surface area contributed by atoms with Crippen molar-refractivity contribution in [3.8, 4) is 0 Å². The third-order valence-corrected chi connectivity index (χ3v) is 2.65. The molecule has 1 fully saturated rings. The van der Waals surface area contributed by atoms with Gasteiger partial charge in [0, 0.05) is 24.7 Å². The molecule has 0 saturated carbocycles. The lowest BCUT2D eigenvalue weighted by atomic mass is 10.00. The minimum Gasteiger partial charge on any atom is -0.303 e. The maximum Gasteiger partial charge on any atom is 0.0352 e. The highest BCUT2D eigenvalue weighted by Gasteiger charge is 2.32. The van der Waals surface area contributed by atoms with Crippen LogP contribution in [0.25, 0.3) is 0 Å². The molecular weight excluding hydrogens is 136 g/mol. The van der Waals surface area contributed by atoms with Crippen molar-refractivity contribution in [2.45, 2.75) is 32.4 Å². The Morgan fingerprint density at radius 1 is 1.27 bits per heavy atom. The monoisotopic (exact) mass is 156 g/mol. The molecule has 66 valence electrons. The van der Waals surface area contributed by atoms with Gasteiger partial charge in [-0.2, -0.15) is 0 Å². The molecule has 0 radical (unpaired) electrons. The van der Waals surface area contributed by atoms with E-state index in [0.29, 0.717) is 5.54 Å². The second-order valence-electron chi connectivity index (χ2n) is 4.66. The molecule has 0 unspecified atom stereocenters. The van der Waals surface area contributed by atoms with Crippen LogP contribution in [-0.2, 0) is 0 Å². The number of nitrogens with zero attached hydrogens (tertiary/aromatic N) is 2. The van der Waals surface area contributed by atoms with Gasteiger partial charge in [-0.15, -0.1) is 0 Å². The molecule has 1 heterocycles. The zero-order valence-corrected chi connectivity index (χ0v) is 8.39. The Kier molecular flexibility index (Phi) is 2.26. The van der Waals surface area contributed by atoms with Gasteiger partial charge in [-0.05, 0) is 34.9 Å². The van der Waals surface area contributed by atoms with Gasteiger partial charge in [-0.3, -0.25) is 4.90 Å². The van der Waals surface area contributed by atoms with Gasteiger partial charge in [0.15, 0.2) is 0 Å². The zero-order chi connectivity index (χ0) is 8.65. The van der Waals surface area contributed by atoms with Crippen molar-refractivity contribution < 1.29 is 0 Å². The van der Waals surface area contributed by atoms with Gasteiger partial charge in [0.2, 0.25) is 0 Å². The van der Waals surface area contributed by atoms with Gasteiger partial charge >= 0.3 is 0 Å². The van der Waals surface area contributed by atoms with Gasteiger partial charge in [-0.1, -0.05) is 0 Å². The van der Waals surface area contributed by atoms with Crippen LogP contribution >= 0.6 is 0 Å². The summed E-state index contributed by atoms with van der Waals surface area (Å²) in [6, 6.07) is 0.778. The van der Waals surface area contributed by atoms with Crippen LogP contribution in [0.1, 0.15) is 20.8 Å². The van der Waals surface area contributed by atoms with Crippen molar-refractivity contribution in [3.63, 3.8) is 0 Å². The van der Waals surface area contributed by atoms with E-state index < -0.39 is 0 Å². The van der Waals surface area contributed by atoms with Crippen molar-refractivity contribution in [1.29, 1.82) is 0 Å². The van der Waals surface area contributed by atoms with Crippen molar-refractivity contribution >= 4 is 0 Å². The first-order valence-electron chi connectivity index (χ1n) is 4.33. The highest BCUT2D eigenvalue weighted by Crippen LogP contribution is 2.19. The van der Waals surface area contributed by atoms with Gasteiger partial charge in [0.25, 0.3) is 0 Å². The van der Waals surface area contributed by atoms with E-state index in [0.717, 1.165) is 6.04 Å². The second-order valence-corrected chi connectivity index (χ2v) is 4.66. The van der Waals surface area contributed by atoms with Gasteiger partial charge in [-0.25, -0.2) is 0 Å². The van der Waals surface area contributed by atoms with E-state index in [9.17, 15) is 0 Å². The molecule has 0 aromatic rings. The number of hydrogen-bond acceptors (Lipinski definition) is 2. The fourth-order valence-electron chi connectivity index (χ4n) is 1.46. The maximum absolute atomic E-state index is 2.47. The Morgan fingerprint density at radius 3 is 2.00 bits per heavy atom. The van der Waals surface area contributed by atoms with Crippen molar-refractivity contribution in [3.05, 3.63) is 0 Å². The number of likely N-dealkylation sites (tertiary alicyclic amines) is 1. The first kappa shape index (κ1) is 9.01. The molecule has 2 nitrogen and oxygen atoms in total. The van der Waals surface area contributed by atoms with E-state index in [1.165, 1.54) is 13.1 Å². The minimum absolute atomic E-state index is 0.325. The molecule has 0 aliphatic carbocycles. The van der Waals surface area contributed by atoms with Gasteiger partial charge in [0.05, 0.1) is 0 Å². The lowest BCUT2D eigenvalue weighted by molar-refractivity contribution is 0.0160. The van der Waals surface area contributed by atoms with Crippen LogP contribution in [-0.4, -0.2) is 48.6 Å². The molecule has 0 aromatic heterocycles. The molecule has 0 amide bonds. The average Bonchev–Trinajstić information content (AvgIpc) is 1.77. The molecular formula is C9H20N2. The van der Waals surface area contributed by atoms with Crippen LogP contribution in [0.5, 0.6) is 0 Å². The standard InChI is InChI=1S/C9H20N2/c1-9(2,3)11(5)8-6-10(4)7-8/h8H,6-7H2,1-5H3. The van der Waals surface area contributed by atoms with Crippen LogP contribution in [0.15, 0.2) is 0 Å². The third kappa shape index (κ3) is 1.94. The predicted octanol–water partition coefficient (Wildman–Crippen LogP) is 1.03. The van der Waals surface area contributed by atoms with E-state index >= 15 is 0 Å². The van der Waals surface area contributed by atoms with Crippen LogP contribution in [0.2, 0.25) is 0 Å². The summed E-state index contributed by atoms with van der Waals surface area (Å²) in [6.45, 7) is 9.27. The van der Waals surface area contributed by atoms with E-state index in [2.05, 4.69) is 44.7 Å². The summed E-state index contributed by atoms with van der Waals surface area (Å²) >= 11 is 0. The first-order chi connectivity index (χ1) is 4.91. The fourth-order valence-corrected chi connectivity index (χ4v) is 1.46. The summed E-state index contributed by atoms with van der Waals surface area (Å²) in [4.78, 5) is 4.82. The second kappa shape index (κ2) is 2.76. The zero-order valence-electron chi connectivity index (χ0n) is 8.39. The Bertz CT molecular complexity index is 131. The molecule has 0 aromatic carbocycles. The molecule has 0 N–H and O–H groups in total. The van der Waals surface area contributed by atoms with Crippen LogP contribution in [0, 0.1) is 0 Å². The van der Waals surface area contributed by atoms with Gasteiger partial charge < -0.3 is 4.90 Å². The summed E-state index contributed by atoms with van der Waals surface area (Å²) < 4.78 is 0. The van der Waals surface area contributed by atoms with E-state index in [1.807, 2.05) is 0 Å². The van der Waals surface area contributed by atoms with E-state index in [1.54, 1.807) is 0 Å². The largest absolute Gasteiger partial charge is 0.303 e. The Labute approximate surface area is 70.2 Å². The van der Waals surface area contributed by atoms with E-state index in [4.69, 9.17) is 0 Å². The molecule has 1 aliphatic heterocycles. The summed E-state index contributed by atoms with van der Waals surface area (Å²) in [5.74, 6) is 0. The number of rotatable bonds is 1. The molecule has 0 bridgehead atoms. The molecule has 0 spiro atoms. The van der Waals surface area contributed by atoms with Crippen molar-refractivity contribution in [2.24, 2.45) is 0 Å². The van der Waals surface area contributed by atoms with E-state index in [-0.39, 0.29) is 0 Å². The highest BCUT2D eigenvalue weighted by molar-refractivity contribution is 4.89. The molecule has 1 rings (SSSR count). The summed E-state index contributed by atoms with van der Waals surface area (Å²) in [6.07, 6.45) is 0. The third-order valence-electron chi connectivity index (χ3n) is 2.65. The average molecular weight is 156 g/mol. The highest BCUT2D eigenvalue weighted by atomic mass is 15.3. The maximum atomic E-state index is 2.47. The molecule has 1 saturated heterocycles. The first-order valence-corrected chi connectivity index (χ1v) is 4.33. The van der Waals surface area contributed by atoms with Gasteiger partial charge in [0.1, 0.15) is 0 Å². The molecule has 11 heavy (non-hydrogen) atoms. The Hall–Kier alpha value is -0.0800. The summed E-state index contributed by atoms with van der Waals surface area (Å²) in [5.41, 5.74) is 0.325. The van der Waals surface area contributed by atoms with Crippen molar-refractivity contribution in [2.75, 3.05) is 27.2 Å². The quantitative estimate of drug-likeness (QED) is 0.559. The minimum atomic E-state index is 0.325. The lowest BCUT2D eigenvalue weighted by Crippen LogP contribution is -2.60. The molecule has 2 heteroatoms. The normalized spacial score (nSPS) is 22.4. The van der Waals surface area contributed by atoms with Crippen LogP contribution in [0.3, 0.4) is 0 Å². The summed E-state index contributed by atoms with van der Waals surface area (Å²) in [5, 5.41) is 0. The number of hydrogen-bond donors (Lipinski definition) is 0. The van der Waals surface area contributed by atoms with Crippen LogP contribution < -0.4 is 0 Å². The molecule has 0 atom stereocenters. The molecule has 1 aliphatic rings. The Morgan fingerprint density at radius 2 is 1.73 bits per heavy atom. The van der Waals surface area contributed by atoms with Crippen LogP contribution in [0.4, 0.5) is 0 Å². The lowest BCUT2D eigenvalue weighted by Gasteiger charge is -2.47. The summed E-state index contributed by atoms with van der Waals surface area (Å²) in [7, 11) is 4.39. The predicted molar refractivity (Wildman–Crippen MR) is 48.8 cm³/mol. The topological polar surface area (TPSA) is 6.48 Å². The smallest absolute Gasteiger partial charge is 0.0352 e.